The quantitative estimate of drug-likeness (QED) is 0.456. The maximum Gasteiger partial charge on any atom is 0.0415 e. The first kappa shape index (κ1) is 5.98. The van der Waals surface area contributed by atoms with Gasteiger partial charge in [0, 0.05) is 19.6 Å². The second-order valence-electron chi connectivity index (χ2n) is 2.01. The predicted molar refractivity (Wildman–Crippen MR) is 30.2 cm³/mol. The zero-order valence-electron chi connectivity index (χ0n) is 4.86. The van der Waals surface area contributed by atoms with Crippen LogP contribution in [0.3, 0.4) is 0 Å². The van der Waals surface area contributed by atoms with Crippen LogP contribution in [0, 0.1) is 0 Å². The largest absolute Gasteiger partial charge is 0.315 e. The molecule has 1 aliphatic heterocycles. The minimum atomic E-state index is 0.542. The van der Waals surface area contributed by atoms with Crippen molar-refractivity contribution in [2.24, 2.45) is 0 Å². The van der Waals surface area contributed by atoms with Gasteiger partial charge in [-0.2, -0.15) is 0 Å². The number of nitrogens with zero attached hydrogens (tertiary/aromatic N) is 1. The molecular weight excluding hydrogens is 107 g/mol. The third kappa shape index (κ3) is 1.76. The summed E-state index contributed by atoms with van der Waals surface area (Å²) in [4.78, 5) is 0. The SMILES string of the molecule is FN1CCCNCC1. The van der Waals surface area contributed by atoms with Gasteiger partial charge in [0.2, 0.25) is 0 Å². The Morgan fingerprint density at radius 2 is 2.12 bits per heavy atom. The highest BCUT2D eigenvalue weighted by molar-refractivity contribution is 4.57. The van der Waals surface area contributed by atoms with E-state index < -0.39 is 0 Å². The molecule has 0 spiro atoms. The maximum absolute atomic E-state index is 12.2. The van der Waals surface area contributed by atoms with Crippen LogP contribution in [0.15, 0.2) is 0 Å². The van der Waals surface area contributed by atoms with E-state index in [9.17, 15) is 4.48 Å². The van der Waals surface area contributed by atoms with Crippen molar-refractivity contribution in [2.75, 3.05) is 26.2 Å². The second-order valence-corrected chi connectivity index (χ2v) is 2.01. The summed E-state index contributed by atoms with van der Waals surface area (Å²) in [6.07, 6.45) is 0.927. The minimum absolute atomic E-state index is 0.542. The summed E-state index contributed by atoms with van der Waals surface area (Å²) in [6, 6.07) is 0. The standard InChI is InChI=1S/C5H11FN2/c6-8-4-1-2-7-3-5-8/h7H,1-5H2. The minimum Gasteiger partial charge on any atom is -0.315 e. The van der Waals surface area contributed by atoms with Crippen molar-refractivity contribution >= 4 is 0 Å². The lowest BCUT2D eigenvalue weighted by molar-refractivity contribution is 0.0339. The average Bonchev–Trinajstić information content (AvgIpc) is 1.94. The third-order valence-corrected chi connectivity index (χ3v) is 1.29. The van der Waals surface area contributed by atoms with Crippen LogP contribution in [0.2, 0.25) is 0 Å². The smallest absolute Gasteiger partial charge is 0.0415 e. The Morgan fingerprint density at radius 1 is 1.25 bits per heavy atom. The molecule has 0 aromatic heterocycles. The molecular formula is C5H11FN2. The first-order valence-corrected chi connectivity index (χ1v) is 3.01. The van der Waals surface area contributed by atoms with E-state index in [4.69, 9.17) is 0 Å². The molecule has 3 heteroatoms. The lowest BCUT2D eigenvalue weighted by Crippen LogP contribution is -2.20. The Labute approximate surface area is 48.6 Å². The fourth-order valence-corrected chi connectivity index (χ4v) is 0.813. The number of rotatable bonds is 0. The van der Waals surface area contributed by atoms with E-state index in [0.29, 0.717) is 13.1 Å². The van der Waals surface area contributed by atoms with Gasteiger partial charge in [0.1, 0.15) is 0 Å². The summed E-state index contributed by atoms with van der Waals surface area (Å²) < 4.78 is 12.2. The molecule has 1 aliphatic rings. The van der Waals surface area contributed by atoms with Crippen LogP contribution in [0.4, 0.5) is 4.48 Å². The van der Waals surface area contributed by atoms with E-state index in [0.717, 1.165) is 24.6 Å². The van der Waals surface area contributed by atoms with Crippen LogP contribution in [-0.4, -0.2) is 31.3 Å². The molecule has 0 radical (unpaired) electrons. The Bertz CT molecular complexity index is 59.4. The first-order valence-electron chi connectivity index (χ1n) is 3.01. The normalized spacial score (nSPS) is 25.1. The molecule has 0 aromatic rings. The lowest BCUT2D eigenvalue weighted by Gasteiger charge is -2.03. The van der Waals surface area contributed by atoms with Crippen LogP contribution in [0.5, 0.6) is 0 Å². The highest BCUT2D eigenvalue weighted by Gasteiger charge is 2.04. The van der Waals surface area contributed by atoms with Crippen molar-refractivity contribution in [3.05, 3.63) is 0 Å². The second kappa shape index (κ2) is 2.99. The van der Waals surface area contributed by atoms with Crippen molar-refractivity contribution in [1.29, 1.82) is 0 Å². The maximum atomic E-state index is 12.2. The molecule has 1 heterocycles. The summed E-state index contributed by atoms with van der Waals surface area (Å²) in [6.45, 7) is 2.88. The molecule has 0 aromatic carbocycles. The fraction of sp³-hybridized carbons (Fsp3) is 1.00. The Morgan fingerprint density at radius 3 is 3.00 bits per heavy atom. The monoisotopic (exact) mass is 118 g/mol. The van der Waals surface area contributed by atoms with Crippen molar-refractivity contribution in [3.8, 4) is 0 Å². The summed E-state index contributed by atoms with van der Waals surface area (Å²) in [5.74, 6) is 0. The molecule has 48 valence electrons. The molecule has 0 amide bonds. The number of hydrogen-bond donors (Lipinski definition) is 1. The van der Waals surface area contributed by atoms with Gasteiger partial charge < -0.3 is 5.32 Å². The number of nitrogens with one attached hydrogen (secondary N) is 1. The fourth-order valence-electron chi connectivity index (χ4n) is 0.813. The first-order chi connectivity index (χ1) is 3.89. The molecule has 1 fully saturated rings. The third-order valence-electron chi connectivity index (χ3n) is 1.29. The molecule has 2 nitrogen and oxygen atoms in total. The highest BCUT2D eigenvalue weighted by Crippen LogP contribution is 1.93. The van der Waals surface area contributed by atoms with Crippen LogP contribution in [-0.2, 0) is 0 Å². The van der Waals surface area contributed by atoms with Gasteiger partial charge in [-0.05, 0) is 13.0 Å². The van der Waals surface area contributed by atoms with Crippen molar-refractivity contribution < 1.29 is 4.48 Å². The van der Waals surface area contributed by atoms with Gasteiger partial charge in [0.15, 0.2) is 0 Å². The van der Waals surface area contributed by atoms with Crippen molar-refractivity contribution in [1.82, 2.24) is 10.4 Å². The lowest BCUT2D eigenvalue weighted by atomic mass is 10.4. The van der Waals surface area contributed by atoms with Crippen LogP contribution in [0.25, 0.3) is 0 Å². The summed E-state index contributed by atoms with van der Waals surface area (Å²) in [5, 5.41) is 3.96. The summed E-state index contributed by atoms with van der Waals surface area (Å²) >= 11 is 0. The van der Waals surface area contributed by atoms with E-state index in [2.05, 4.69) is 5.32 Å². The Hall–Kier alpha value is -0.150. The zero-order chi connectivity index (χ0) is 5.82. The zero-order valence-corrected chi connectivity index (χ0v) is 4.86. The molecule has 1 saturated heterocycles. The molecule has 0 atom stereocenters. The van der Waals surface area contributed by atoms with Crippen molar-refractivity contribution in [3.63, 3.8) is 0 Å². The van der Waals surface area contributed by atoms with Gasteiger partial charge in [-0.1, -0.05) is 0 Å². The van der Waals surface area contributed by atoms with Gasteiger partial charge in [-0.15, -0.1) is 9.60 Å². The molecule has 0 unspecified atom stereocenters. The highest BCUT2D eigenvalue weighted by atomic mass is 19.2. The molecule has 1 rings (SSSR count). The van der Waals surface area contributed by atoms with E-state index >= 15 is 0 Å². The Balaban J connectivity index is 2.17. The topological polar surface area (TPSA) is 15.3 Å². The van der Waals surface area contributed by atoms with Gasteiger partial charge >= 0.3 is 0 Å². The van der Waals surface area contributed by atoms with Gasteiger partial charge in [0.25, 0.3) is 0 Å². The predicted octanol–water partition coefficient (Wildman–Crippen LogP) is 0.166. The van der Waals surface area contributed by atoms with Crippen LogP contribution in [0.1, 0.15) is 6.42 Å². The van der Waals surface area contributed by atoms with Gasteiger partial charge in [-0.25, -0.2) is 0 Å². The van der Waals surface area contributed by atoms with Crippen molar-refractivity contribution in [2.45, 2.75) is 6.42 Å². The Kier molecular flexibility index (Phi) is 2.24. The number of halogens is 1. The van der Waals surface area contributed by atoms with E-state index in [1.54, 1.807) is 0 Å². The van der Waals surface area contributed by atoms with Crippen LogP contribution < -0.4 is 5.32 Å². The molecule has 0 saturated carbocycles. The summed E-state index contributed by atoms with van der Waals surface area (Å²) in [5.41, 5.74) is 0. The molecule has 1 N–H and O–H groups in total. The van der Waals surface area contributed by atoms with E-state index in [1.807, 2.05) is 0 Å². The number of hydrogen-bond acceptors (Lipinski definition) is 2. The molecule has 8 heavy (non-hydrogen) atoms. The summed E-state index contributed by atoms with van der Waals surface area (Å²) in [7, 11) is 0. The average molecular weight is 118 g/mol. The van der Waals surface area contributed by atoms with E-state index in [-0.39, 0.29) is 0 Å². The molecule has 0 bridgehead atoms. The van der Waals surface area contributed by atoms with Crippen LogP contribution >= 0.6 is 0 Å². The van der Waals surface area contributed by atoms with Gasteiger partial charge in [-0.3, -0.25) is 0 Å². The van der Waals surface area contributed by atoms with E-state index in [1.165, 1.54) is 0 Å². The van der Waals surface area contributed by atoms with Gasteiger partial charge in [0.05, 0.1) is 0 Å². The molecule has 0 aliphatic carbocycles.